The van der Waals surface area contributed by atoms with E-state index in [1.54, 1.807) is 12.1 Å². The van der Waals surface area contributed by atoms with Crippen LogP contribution < -0.4 is 9.47 Å². The van der Waals surface area contributed by atoms with Crippen molar-refractivity contribution in [3.05, 3.63) is 48.0 Å². The van der Waals surface area contributed by atoms with Gasteiger partial charge < -0.3 is 14.6 Å². The minimum Gasteiger partial charge on any atom is -0.492 e. The van der Waals surface area contributed by atoms with Crippen LogP contribution >= 0.6 is 0 Å². The van der Waals surface area contributed by atoms with Gasteiger partial charge in [0.25, 0.3) is 0 Å². The van der Waals surface area contributed by atoms with Crippen LogP contribution in [0.2, 0.25) is 0 Å². The first-order valence-corrected chi connectivity index (χ1v) is 6.81. The molecule has 110 valence electrons. The molecule has 21 heavy (non-hydrogen) atoms. The Morgan fingerprint density at radius 2 is 1.86 bits per heavy atom. The van der Waals surface area contributed by atoms with E-state index in [0.717, 1.165) is 12.0 Å². The molecule has 4 heteroatoms. The summed E-state index contributed by atoms with van der Waals surface area (Å²) in [5.41, 5.74) is 1.57. The van der Waals surface area contributed by atoms with Crippen molar-refractivity contribution in [3.63, 3.8) is 0 Å². The van der Waals surface area contributed by atoms with E-state index in [4.69, 9.17) is 9.47 Å². The van der Waals surface area contributed by atoms with Gasteiger partial charge in [0.1, 0.15) is 5.56 Å². The second-order valence-electron chi connectivity index (χ2n) is 4.54. The molecule has 0 aliphatic rings. The van der Waals surface area contributed by atoms with Crippen LogP contribution in [0.25, 0.3) is 11.1 Å². The number of aromatic carboxylic acids is 1. The smallest absolute Gasteiger partial charge is 0.340 e. The summed E-state index contributed by atoms with van der Waals surface area (Å²) < 4.78 is 10.9. The monoisotopic (exact) mass is 286 g/mol. The quantitative estimate of drug-likeness (QED) is 0.876. The Hall–Kier alpha value is -2.49. The maximum absolute atomic E-state index is 11.7. The van der Waals surface area contributed by atoms with Gasteiger partial charge in [0.15, 0.2) is 11.5 Å². The molecule has 0 radical (unpaired) electrons. The molecule has 4 nitrogen and oxygen atoms in total. The van der Waals surface area contributed by atoms with Crippen molar-refractivity contribution in [1.29, 1.82) is 0 Å². The Morgan fingerprint density at radius 1 is 1.14 bits per heavy atom. The third-order valence-electron chi connectivity index (χ3n) is 3.09. The molecule has 0 heterocycles. The van der Waals surface area contributed by atoms with Crippen molar-refractivity contribution < 1.29 is 19.4 Å². The highest BCUT2D eigenvalue weighted by Crippen LogP contribution is 2.38. The van der Waals surface area contributed by atoms with E-state index in [1.807, 2.05) is 37.3 Å². The molecule has 2 rings (SSSR count). The van der Waals surface area contributed by atoms with Crippen LogP contribution in [-0.4, -0.2) is 24.8 Å². The summed E-state index contributed by atoms with van der Waals surface area (Å²) >= 11 is 0. The lowest BCUT2D eigenvalue weighted by molar-refractivity contribution is 0.0693. The van der Waals surface area contributed by atoms with Crippen molar-refractivity contribution >= 4 is 5.97 Å². The van der Waals surface area contributed by atoms with Crippen molar-refractivity contribution in [2.24, 2.45) is 0 Å². The summed E-state index contributed by atoms with van der Waals surface area (Å²) in [5.74, 6) is -0.318. The minimum atomic E-state index is -1.03. The summed E-state index contributed by atoms with van der Waals surface area (Å²) in [6, 6.07) is 12.9. The molecular formula is C17H18O4. The largest absolute Gasteiger partial charge is 0.492 e. The van der Waals surface area contributed by atoms with Crippen LogP contribution in [-0.2, 0) is 0 Å². The van der Waals surface area contributed by atoms with Gasteiger partial charge in [-0.05, 0) is 24.1 Å². The molecule has 2 aromatic rings. The highest BCUT2D eigenvalue weighted by molar-refractivity contribution is 6.00. The zero-order valence-electron chi connectivity index (χ0n) is 12.1. The van der Waals surface area contributed by atoms with Gasteiger partial charge >= 0.3 is 5.97 Å². The first kappa shape index (κ1) is 14.9. The third-order valence-corrected chi connectivity index (χ3v) is 3.09. The molecule has 0 amide bonds. The van der Waals surface area contributed by atoms with Gasteiger partial charge in [-0.2, -0.15) is 0 Å². The lowest BCUT2D eigenvalue weighted by Crippen LogP contribution is -2.06. The van der Waals surface area contributed by atoms with Gasteiger partial charge in [0, 0.05) is 5.56 Å². The van der Waals surface area contributed by atoms with Crippen LogP contribution in [0.5, 0.6) is 11.5 Å². The van der Waals surface area contributed by atoms with Crippen LogP contribution in [0, 0.1) is 0 Å². The zero-order valence-corrected chi connectivity index (χ0v) is 12.1. The lowest BCUT2D eigenvalue weighted by Gasteiger charge is -2.15. The Bertz CT molecular complexity index is 620. The van der Waals surface area contributed by atoms with Crippen LogP contribution in [0.4, 0.5) is 0 Å². The van der Waals surface area contributed by atoms with Gasteiger partial charge in [-0.25, -0.2) is 4.79 Å². The first-order chi connectivity index (χ1) is 10.2. The second-order valence-corrected chi connectivity index (χ2v) is 4.54. The molecule has 0 unspecified atom stereocenters. The molecule has 0 atom stereocenters. The molecule has 0 saturated heterocycles. The predicted octanol–water partition coefficient (Wildman–Crippen LogP) is 3.85. The van der Waals surface area contributed by atoms with E-state index < -0.39 is 5.97 Å². The third kappa shape index (κ3) is 3.16. The van der Waals surface area contributed by atoms with Crippen molar-refractivity contribution in [1.82, 2.24) is 0 Å². The molecule has 0 bridgehead atoms. The zero-order chi connectivity index (χ0) is 15.2. The highest BCUT2D eigenvalue weighted by atomic mass is 16.5. The topological polar surface area (TPSA) is 55.8 Å². The number of rotatable bonds is 6. The highest BCUT2D eigenvalue weighted by Gasteiger charge is 2.21. The van der Waals surface area contributed by atoms with Gasteiger partial charge in [0.05, 0.1) is 13.7 Å². The SMILES string of the molecule is CCCOc1ccc(-c2ccccc2)c(C(=O)O)c1OC. The van der Waals surface area contributed by atoms with Gasteiger partial charge in [-0.15, -0.1) is 0 Å². The lowest BCUT2D eigenvalue weighted by atomic mass is 9.98. The number of ether oxygens (including phenoxy) is 2. The summed E-state index contributed by atoms with van der Waals surface area (Å²) in [4.78, 5) is 11.7. The number of hydrogen-bond acceptors (Lipinski definition) is 3. The fourth-order valence-corrected chi connectivity index (χ4v) is 2.16. The van der Waals surface area contributed by atoms with Crippen LogP contribution in [0.3, 0.4) is 0 Å². The minimum absolute atomic E-state index is 0.123. The van der Waals surface area contributed by atoms with E-state index in [9.17, 15) is 9.90 Å². The van der Waals surface area contributed by atoms with Gasteiger partial charge in [0.2, 0.25) is 0 Å². The summed E-state index contributed by atoms with van der Waals surface area (Å²) in [6.45, 7) is 2.50. The number of benzene rings is 2. The predicted molar refractivity (Wildman–Crippen MR) is 81.2 cm³/mol. The summed E-state index contributed by atoms with van der Waals surface area (Å²) in [6.07, 6.45) is 0.839. The van der Waals surface area contributed by atoms with Crippen molar-refractivity contribution in [3.8, 4) is 22.6 Å². The van der Waals surface area contributed by atoms with E-state index in [-0.39, 0.29) is 11.3 Å². The molecule has 1 N–H and O–H groups in total. The Kier molecular flexibility index (Phi) is 4.82. The molecule has 0 aromatic heterocycles. The normalized spacial score (nSPS) is 10.2. The number of carboxylic acid groups (broad SMARTS) is 1. The Balaban J connectivity index is 2.59. The Morgan fingerprint density at radius 3 is 2.43 bits per heavy atom. The van der Waals surface area contributed by atoms with E-state index in [2.05, 4.69) is 0 Å². The molecule has 0 fully saturated rings. The number of methoxy groups -OCH3 is 1. The van der Waals surface area contributed by atoms with Gasteiger partial charge in [-0.1, -0.05) is 37.3 Å². The van der Waals surface area contributed by atoms with Crippen molar-refractivity contribution in [2.45, 2.75) is 13.3 Å². The first-order valence-electron chi connectivity index (χ1n) is 6.81. The van der Waals surface area contributed by atoms with Crippen LogP contribution in [0.1, 0.15) is 23.7 Å². The maximum Gasteiger partial charge on any atom is 0.340 e. The molecule has 0 aliphatic heterocycles. The summed E-state index contributed by atoms with van der Waals surface area (Å²) in [5, 5.41) is 9.55. The van der Waals surface area contributed by atoms with E-state index in [0.29, 0.717) is 17.9 Å². The van der Waals surface area contributed by atoms with E-state index in [1.165, 1.54) is 7.11 Å². The maximum atomic E-state index is 11.7. The average molecular weight is 286 g/mol. The van der Waals surface area contributed by atoms with Crippen LogP contribution in [0.15, 0.2) is 42.5 Å². The second kappa shape index (κ2) is 6.79. The van der Waals surface area contributed by atoms with Gasteiger partial charge in [-0.3, -0.25) is 0 Å². The number of carboxylic acids is 1. The molecule has 0 saturated carbocycles. The molecule has 2 aromatic carbocycles. The van der Waals surface area contributed by atoms with Crippen molar-refractivity contribution in [2.75, 3.05) is 13.7 Å². The number of hydrogen-bond donors (Lipinski definition) is 1. The fourth-order valence-electron chi connectivity index (χ4n) is 2.16. The average Bonchev–Trinajstić information content (AvgIpc) is 2.52. The van der Waals surface area contributed by atoms with E-state index >= 15 is 0 Å². The molecule has 0 spiro atoms. The number of carbonyl (C=O) groups is 1. The molecular weight excluding hydrogens is 268 g/mol. The standard InChI is InChI=1S/C17H18O4/c1-3-11-21-14-10-9-13(12-7-5-4-6-8-12)15(17(18)19)16(14)20-2/h4-10H,3,11H2,1-2H3,(H,18,19). The fraction of sp³-hybridized carbons (Fsp3) is 0.235. The molecule has 0 aliphatic carbocycles. The summed E-state index contributed by atoms with van der Waals surface area (Å²) in [7, 11) is 1.45. The Labute approximate surface area is 123 Å².